The predicted molar refractivity (Wildman–Crippen MR) is 57.3 cm³/mol. The first-order chi connectivity index (χ1) is 5.56. The first-order valence-corrected chi connectivity index (χ1v) is 5.22. The van der Waals surface area contributed by atoms with Crippen LogP contribution in [-0.4, -0.2) is 0 Å². The second-order valence-electron chi connectivity index (χ2n) is 4.44. The molecule has 1 atom stereocenters. The maximum atomic E-state index is 4.09. The molecule has 0 N–H and O–H groups in total. The second-order valence-corrected chi connectivity index (χ2v) is 4.44. The van der Waals surface area contributed by atoms with Gasteiger partial charge in [0.05, 0.1) is 0 Å². The van der Waals surface area contributed by atoms with Gasteiger partial charge in [-0.2, -0.15) is 0 Å². The van der Waals surface area contributed by atoms with E-state index >= 15 is 0 Å². The Morgan fingerprint density at radius 3 is 2.25 bits per heavy atom. The van der Waals surface area contributed by atoms with Gasteiger partial charge >= 0.3 is 0 Å². The lowest BCUT2D eigenvalue weighted by Crippen LogP contribution is -2.01. The fraction of sp³-hybridized carbons (Fsp3) is 0.833. The molecule has 0 aliphatic heterocycles. The summed E-state index contributed by atoms with van der Waals surface area (Å²) in [4.78, 5) is 0. The Balaban J connectivity index is 3.54. The van der Waals surface area contributed by atoms with Crippen LogP contribution in [0.3, 0.4) is 0 Å². The molecule has 0 saturated carbocycles. The number of hydrogen-bond donors (Lipinski definition) is 0. The first-order valence-electron chi connectivity index (χ1n) is 5.22. The minimum absolute atomic E-state index is 0.823. The fourth-order valence-electron chi connectivity index (χ4n) is 1.84. The molecule has 0 heteroatoms. The Morgan fingerprint density at radius 1 is 1.25 bits per heavy atom. The standard InChI is InChI=1S/C12H24/c1-6-7-11(4)9-12(5)8-10(2)3/h10,12H,4,6-9H2,1-3,5H3. The summed E-state index contributed by atoms with van der Waals surface area (Å²) in [6.07, 6.45) is 5.02. The molecule has 0 aliphatic rings. The highest BCUT2D eigenvalue weighted by Crippen LogP contribution is 2.20. The number of allylic oxidation sites excluding steroid dienone is 1. The van der Waals surface area contributed by atoms with Gasteiger partial charge in [-0.3, -0.25) is 0 Å². The van der Waals surface area contributed by atoms with Crippen molar-refractivity contribution in [1.29, 1.82) is 0 Å². The quantitative estimate of drug-likeness (QED) is 0.515. The number of rotatable bonds is 6. The van der Waals surface area contributed by atoms with E-state index in [1.807, 2.05) is 0 Å². The van der Waals surface area contributed by atoms with Crippen LogP contribution in [0.5, 0.6) is 0 Å². The van der Waals surface area contributed by atoms with Crippen LogP contribution >= 0.6 is 0 Å². The van der Waals surface area contributed by atoms with Crippen molar-refractivity contribution in [2.45, 2.75) is 53.4 Å². The summed E-state index contributed by atoms with van der Waals surface area (Å²) in [5.41, 5.74) is 1.44. The molecule has 0 aromatic heterocycles. The van der Waals surface area contributed by atoms with Crippen molar-refractivity contribution in [3.8, 4) is 0 Å². The third-order valence-electron chi connectivity index (χ3n) is 2.11. The molecule has 0 nitrogen and oxygen atoms in total. The Bertz CT molecular complexity index is 122. The predicted octanol–water partition coefficient (Wildman–Crippen LogP) is 4.42. The molecule has 0 amide bonds. The Morgan fingerprint density at radius 2 is 1.83 bits per heavy atom. The summed E-state index contributed by atoms with van der Waals surface area (Å²) in [6.45, 7) is 13.2. The van der Waals surface area contributed by atoms with Gasteiger partial charge in [0.15, 0.2) is 0 Å². The monoisotopic (exact) mass is 168 g/mol. The molecule has 0 bridgehead atoms. The van der Waals surface area contributed by atoms with Crippen molar-refractivity contribution >= 4 is 0 Å². The maximum Gasteiger partial charge on any atom is -0.0297 e. The summed E-state index contributed by atoms with van der Waals surface area (Å²) < 4.78 is 0. The molecule has 0 spiro atoms. The first kappa shape index (κ1) is 11.7. The van der Waals surface area contributed by atoms with Crippen molar-refractivity contribution in [3.05, 3.63) is 12.2 Å². The molecule has 0 saturated heterocycles. The SMILES string of the molecule is C=C(CCC)CC(C)CC(C)C. The van der Waals surface area contributed by atoms with E-state index < -0.39 is 0 Å². The van der Waals surface area contributed by atoms with Crippen LogP contribution in [0.4, 0.5) is 0 Å². The van der Waals surface area contributed by atoms with Crippen molar-refractivity contribution in [1.82, 2.24) is 0 Å². The van der Waals surface area contributed by atoms with E-state index in [1.165, 1.54) is 31.3 Å². The Kier molecular flexibility index (Phi) is 6.14. The van der Waals surface area contributed by atoms with E-state index in [1.54, 1.807) is 0 Å². The smallest absolute Gasteiger partial charge is 0.0297 e. The summed E-state index contributed by atoms with van der Waals surface area (Å²) in [5.74, 6) is 1.65. The van der Waals surface area contributed by atoms with E-state index in [2.05, 4.69) is 34.3 Å². The summed E-state index contributed by atoms with van der Waals surface area (Å²) in [5, 5.41) is 0. The van der Waals surface area contributed by atoms with E-state index in [0.717, 1.165) is 11.8 Å². The van der Waals surface area contributed by atoms with Crippen LogP contribution < -0.4 is 0 Å². The molecule has 0 aromatic carbocycles. The fourth-order valence-corrected chi connectivity index (χ4v) is 1.84. The third kappa shape index (κ3) is 6.45. The Labute approximate surface area is 78.1 Å². The summed E-state index contributed by atoms with van der Waals surface area (Å²) >= 11 is 0. The highest BCUT2D eigenvalue weighted by atomic mass is 14.1. The minimum Gasteiger partial charge on any atom is -0.0999 e. The summed E-state index contributed by atoms with van der Waals surface area (Å²) in [7, 11) is 0. The highest BCUT2D eigenvalue weighted by Gasteiger charge is 2.05. The van der Waals surface area contributed by atoms with E-state index in [-0.39, 0.29) is 0 Å². The molecule has 72 valence electrons. The van der Waals surface area contributed by atoms with Gasteiger partial charge in [-0.25, -0.2) is 0 Å². The van der Waals surface area contributed by atoms with Crippen molar-refractivity contribution in [2.75, 3.05) is 0 Å². The average Bonchev–Trinajstić information content (AvgIpc) is 1.84. The van der Waals surface area contributed by atoms with Crippen molar-refractivity contribution in [3.63, 3.8) is 0 Å². The average molecular weight is 168 g/mol. The molecular weight excluding hydrogens is 144 g/mol. The molecule has 0 heterocycles. The highest BCUT2D eigenvalue weighted by molar-refractivity contribution is 4.94. The zero-order valence-electron chi connectivity index (χ0n) is 9.19. The topological polar surface area (TPSA) is 0 Å². The molecule has 0 aromatic rings. The van der Waals surface area contributed by atoms with Crippen molar-refractivity contribution in [2.24, 2.45) is 11.8 Å². The molecule has 0 radical (unpaired) electrons. The van der Waals surface area contributed by atoms with E-state index in [4.69, 9.17) is 0 Å². The Hall–Kier alpha value is -0.260. The molecule has 0 aliphatic carbocycles. The second kappa shape index (κ2) is 6.28. The molecular formula is C12H24. The third-order valence-corrected chi connectivity index (χ3v) is 2.11. The van der Waals surface area contributed by atoms with E-state index in [0.29, 0.717) is 0 Å². The zero-order chi connectivity index (χ0) is 9.56. The lowest BCUT2D eigenvalue weighted by molar-refractivity contribution is 0.432. The largest absolute Gasteiger partial charge is 0.0999 e. The van der Waals surface area contributed by atoms with Gasteiger partial charge in [-0.15, -0.1) is 0 Å². The van der Waals surface area contributed by atoms with Gasteiger partial charge in [0.1, 0.15) is 0 Å². The summed E-state index contributed by atoms with van der Waals surface area (Å²) in [6, 6.07) is 0. The van der Waals surface area contributed by atoms with Crippen LogP contribution in [0.1, 0.15) is 53.4 Å². The van der Waals surface area contributed by atoms with Crippen LogP contribution in [0.2, 0.25) is 0 Å². The van der Waals surface area contributed by atoms with E-state index in [9.17, 15) is 0 Å². The van der Waals surface area contributed by atoms with Crippen LogP contribution in [-0.2, 0) is 0 Å². The lowest BCUT2D eigenvalue weighted by Gasteiger charge is -2.14. The van der Waals surface area contributed by atoms with Gasteiger partial charge < -0.3 is 0 Å². The van der Waals surface area contributed by atoms with Gasteiger partial charge in [0.25, 0.3) is 0 Å². The molecule has 0 rings (SSSR count). The lowest BCUT2D eigenvalue weighted by atomic mass is 9.92. The molecule has 12 heavy (non-hydrogen) atoms. The van der Waals surface area contributed by atoms with Crippen LogP contribution in [0, 0.1) is 11.8 Å². The van der Waals surface area contributed by atoms with Crippen LogP contribution in [0.25, 0.3) is 0 Å². The van der Waals surface area contributed by atoms with Gasteiger partial charge in [0.2, 0.25) is 0 Å². The van der Waals surface area contributed by atoms with Gasteiger partial charge in [0, 0.05) is 0 Å². The zero-order valence-corrected chi connectivity index (χ0v) is 9.19. The van der Waals surface area contributed by atoms with Crippen molar-refractivity contribution < 1.29 is 0 Å². The maximum absolute atomic E-state index is 4.09. The molecule has 1 unspecified atom stereocenters. The minimum atomic E-state index is 0.823. The van der Waals surface area contributed by atoms with Crippen LogP contribution in [0.15, 0.2) is 12.2 Å². The van der Waals surface area contributed by atoms with Gasteiger partial charge in [-0.05, 0) is 31.1 Å². The van der Waals surface area contributed by atoms with Gasteiger partial charge in [-0.1, -0.05) is 46.3 Å². The molecule has 0 fully saturated rings. The normalized spacial score (nSPS) is 13.4. The number of hydrogen-bond acceptors (Lipinski definition) is 0.